The van der Waals surface area contributed by atoms with E-state index in [1.807, 2.05) is 0 Å². The van der Waals surface area contributed by atoms with Gasteiger partial charge in [-0.3, -0.25) is 0 Å². The lowest BCUT2D eigenvalue weighted by Gasteiger charge is -2.53. The van der Waals surface area contributed by atoms with Crippen molar-refractivity contribution in [3.63, 3.8) is 0 Å². The first-order valence-electron chi connectivity index (χ1n) is 7.46. The molecule has 0 N–H and O–H groups in total. The normalized spacial score (nSPS) is 35.6. The lowest BCUT2D eigenvalue weighted by Crippen LogP contribution is -2.44. The molecule has 1 aliphatic carbocycles. The molecule has 0 nitrogen and oxygen atoms in total. The smallest absolute Gasteiger partial charge is 0.0249 e. The zero-order valence-electron chi connectivity index (χ0n) is 12.2. The van der Waals surface area contributed by atoms with Crippen LogP contribution in [0.3, 0.4) is 0 Å². The van der Waals surface area contributed by atoms with Crippen LogP contribution in [0.25, 0.3) is 0 Å². The molecule has 0 aromatic carbocycles. The molecule has 1 rings (SSSR count). The molecule has 96 valence electrons. The first-order chi connectivity index (χ1) is 7.46. The lowest BCUT2D eigenvalue weighted by atomic mass is 9.52. The molecule has 2 atom stereocenters. The molecule has 0 aromatic rings. The highest BCUT2D eigenvalue weighted by molar-refractivity contribution is 4.97. The van der Waals surface area contributed by atoms with Crippen LogP contribution in [0.5, 0.6) is 0 Å². The van der Waals surface area contributed by atoms with Gasteiger partial charge in [-0.1, -0.05) is 66.7 Å². The predicted molar refractivity (Wildman–Crippen MR) is 73.7 cm³/mol. The summed E-state index contributed by atoms with van der Waals surface area (Å²) in [5, 5.41) is 0. The summed E-state index contributed by atoms with van der Waals surface area (Å²) in [5.74, 6) is 0.833. The van der Waals surface area contributed by atoms with Crippen LogP contribution in [0.2, 0.25) is 0 Å². The third-order valence-corrected chi connectivity index (χ3v) is 5.66. The van der Waals surface area contributed by atoms with E-state index >= 15 is 0 Å². The van der Waals surface area contributed by atoms with E-state index in [0.717, 1.165) is 5.92 Å². The molecular weight excluding hydrogens is 192 g/mol. The molecule has 0 radical (unpaired) electrons. The highest BCUT2D eigenvalue weighted by Gasteiger charge is 2.46. The molecule has 1 fully saturated rings. The predicted octanol–water partition coefficient (Wildman–Crippen LogP) is 5.81. The highest BCUT2D eigenvalue weighted by Crippen LogP contribution is 2.56. The third-order valence-electron chi connectivity index (χ3n) is 5.66. The molecule has 1 unspecified atom stereocenters. The quantitative estimate of drug-likeness (QED) is 0.517. The minimum absolute atomic E-state index is 0.582. The molecule has 0 bridgehead atoms. The van der Waals surface area contributed by atoms with Gasteiger partial charge in [-0.15, -0.1) is 0 Å². The Morgan fingerprint density at radius 1 is 1.00 bits per heavy atom. The summed E-state index contributed by atoms with van der Waals surface area (Å²) in [7, 11) is 0. The van der Waals surface area contributed by atoms with E-state index in [9.17, 15) is 0 Å². The van der Waals surface area contributed by atoms with E-state index in [2.05, 4.69) is 34.6 Å². The zero-order valence-corrected chi connectivity index (χ0v) is 12.2. The minimum Gasteiger partial charge on any atom is -0.0654 e. The number of hydrogen-bond acceptors (Lipinski definition) is 0. The summed E-state index contributed by atoms with van der Waals surface area (Å²) in [6.07, 6.45) is 11.5. The van der Waals surface area contributed by atoms with Crippen molar-refractivity contribution in [3.05, 3.63) is 0 Å². The zero-order chi connectivity index (χ0) is 12.2. The average molecular weight is 224 g/mol. The number of unbranched alkanes of at least 4 members (excludes halogenated alkanes) is 2. The monoisotopic (exact) mass is 224 g/mol. The Labute approximate surface area is 103 Å². The van der Waals surface area contributed by atoms with E-state index < -0.39 is 0 Å². The summed E-state index contributed by atoms with van der Waals surface area (Å²) < 4.78 is 0. The van der Waals surface area contributed by atoms with Gasteiger partial charge in [-0.05, 0) is 36.0 Å². The Hall–Kier alpha value is 0. The summed E-state index contributed by atoms with van der Waals surface area (Å²) in [5.41, 5.74) is 1.19. The molecule has 0 spiro atoms. The van der Waals surface area contributed by atoms with Crippen LogP contribution < -0.4 is 0 Å². The van der Waals surface area contributed by atoms with E-state index in [4.69, 9.17) is 0 Å². The molecule has 16 heavy (non-hydrogen) atoms. The largest absolute Gasteiger partial charge is 0.0654 e. The van der Waals surface area contributed by atoms with E-state index in [0.29, 0.717) is 10.8 Å². The van der Waals surface area contributed by atoms with Crippen LogP contribution in [0.4, 0.5) is 0 Å². The van der Waals surface area contributed by atoms with Crippen LogP contribution in [-0.2, 0) is 0 Å². The van der Waals surface area contributed by atoms with Gasteiger partial charge in [-0.25, -0.2) is 0 Å². The molecule has 0 heteroatoms. The first-order valence-corrected chi connectivity index (χ1v) is 7.46. The van der Waals surface area contributed by atoms with E-state index in [-0.39, 0.29) is 0 Å². The summed E-state index contributed by atoms with van der Waals surface area (Å²) >= 11 is 0. The molecule has 1 aliphatic rings. The fourth-order valence-corrected chi connectivity index (χ4v) is 3.76. The van der Waals surface area contributed by atoms with Crippen molar-refractivity contribution in [2.24, 2.45) is 16.7 Å². The first kappa shape index (κ1) is 14.1. The maximum Gasteiger partial charge on any atom is -0.0249 e. The van der Waals surface area contributed by atoms with Crippen molar-refractivity contribution in [1.29, 1.82) is 0 Å². The second-order valence-corrected chi connectivity index (χ2v) is 6.80. The fourth-order valence-electron chi connectivity index (χ4n) is 3.76. The van der Waals surface area contributed by atoms with Crippen LogP contribution in [-0.4, -0.2) is 0 Å². The Morgan fingerprint density at radius 2 is 1.62 bits per heavy atom. The number of hydrogen-bond donors (Lipinski definition) is 0. The van der Waals surface area contributed by atoms with E-state index in [1.165, 1.54) is 51.4 Å². The van der Waals surface area contributed by atoms with Gasteiger partial charge in [0.2, 0.25) is 0 Å². The molecular formula is C16H32. The minimum atomic E-state index is 0.582. The van der Waals surface area contributed by atoms with E-state index in [1.54, 1.807) is 0 Å². The maximum atomic E-state index is 2.57. The van der Waals surface area contributed by atoms with Crippen LogP contribution in [0.1, 0.15) is 86.0 Å². The van der Waals surface area contributed by atoms with Crippen molar-refractivity contribution in [1.82, 2.24) is 0 Å². The van der Waals surface area contributed by atoms with Gasteiger partial charge >= 0.3 is 0 Å². The van der Waals surface area contributed by atoms with Gasteiger partial charge < -0.3 is 0 Å². The molecule has 0 saturated heterocycles. The molecule has 0 amide bonds. The van der Waals surface area contributed by atoms with Crippen molar-refractivity contribution in [3.8, 4) is 0 Å². The van der Waals surface area contributed by atoms with Gasteiger partial charge in [0.1, 0.15) is 0 Å². The van der Waals surface area contributed by atoms with Crippen molar-refractivity contribution in [2.75, 3.05) is 0 Å². The fraction of sp³-hybridized carbons (Fsp3) is 1.00. The molecule has 1 saturated carbocycles. The third kappa shape index (κ3) is 2.63. The van der Waals surface area contributed by atoms with Gasteiger partial charge in [0.25, 0.3) is 0 Å². The standard InChI is InChI=1S/C16H32/c1-6-7-8-11-15(4)12-9-10-13-16(15,5)14(2)3/h14H,6-13H2,1-5H3/t15?,16-/m0/s1. The number of rotatable bonds is 5. The van der Waals surface area contributed by atoms with Crippen LogP contribution >= 0.6 is 0 Å². The van der Waals surface area contributed by atoms with Crippen LogP contribution in [0.15, 0.2) is 0 Å². The SMILES string of the molecule is CCCCCC1(C)CCCC[C@@]1(C)C(C)C. The summed E-state index contributed by atoms with van der Waals surface area (Å²) in [4.78, 5) is 0. The van der Waals surface area contributed by atoms with Gasteiger partial charge in [0.05, 0.1) is 0 Å². The molecule has 0 aliphatic heterocycles. The van der Waals surface area contributed by atoms with Crippen LogP contribution in [0, 0.1) is 16.7 Å². The highest BCUT2D eigenvalue weighted by atomic mass is 14.5. The van der Waals surface area contributed by atoms with Gasteiger partial charge in [0, 0.05) is 0 Å². The second-order valence-electron chi connectivity index (χ2n) is 6.80. The van der Waals surface area contributed by atoms with Crippen molar-refractivity contribution in [2.45, 2.75) is 86.0 Å². The second kappa shape index (κ2) is 5.56. The summed E-state index contributed by atoms with van der Waals surface area (Å²) in [6, 6.07) is 0. The Morgan fingerprint density at radius 3 is 2.19 bits per heavy atom. The Balaban J connectivity index is 2.71. The lowest BCUT2D eigenvalue weighted by molar-refractivity contribution is -0.0327. The maximum absolute atomic E-state index is 2.57. The Bertz CT molecular complexity index is 206. The van der Waals surface area contributed by atoms with Crippen molar-refractivity contribution >= 4 is 0 Å². The molecule has 0 heterocycles. The average Bonchev–Trinajstić information content (AvgIpc) is 2.23. The van der Waals surface area contributed by atoms with Gasteiger partial charge in [-0.2, -0.15) is 0 Å². The summed E-state index contributed by atoms with van der Waals surface area (Å²) in [6.45, 7) is 12.3. The molecule has 0 aromatic heterocycles. The Kier molecular flexibility index (Phi) is 4.88. The van der Waals surface area contributed by atoms with Gasteiger partial charge in [0.15, 0.2) is 0 Å². The topological polar surface area (TPSA) is 0 Å². The van der Waals surface area contributed by atoms with Crippen molar-refractivity contribution < 1.29 is 0 Å².